The van der Waals surface area contributed by atoms with E-state index in [0.29, 0.717) is 24.6 Å². The van der Waals surface area contributed by atoms with Crippen LogP contribution < -0.4 is 11.1 Å². The largest absolute Gasteiger partial charge is 0.396 e. The van der Waals surface area contributed by atoms with Gasteiger partial charge in [0.15, 0.2) is 0 Å². The summed E-state index contributed by atoms with van der Waals surface area (Å²) in [4.78, 5) is 10.5. The van der Waals surface area contributed by atoms with Crippen LogP contribution in [0.2, 0.25) is 0 Å². The minimum Gasteiger partial charge on any atom is -0.396 e. The smallest absolute Gasteiger partial charge is 0.314 e. The van der Waals surface area contributed by atoms with Crippen LogP contribution in [0.4, 0.5) is 17.1 Å². The summed E-state index contributed by atoms with van der Waals surface area (Å²) in [6.07, 6.45) is 2.69. The van der Waals surface area contributed by atoms with E-state index in [2.05, 4.69) is 12.2 Å². The molecule has 1 aromatic carbocycles. The molecule has 1 aromatic rings. The van der Waals surface area contributed by atoms with E-state index in [9.17, 15) is 10.1 Å². The Morgan fingerprint density at radius 1 is 1.47 bits per heavy atom. The molecule has 106 valence electrons. The molecular formula is C13H21N3O3. The molecule has 0 aromatic heterocycles. The highest BCUT2D eigenvalue weighted by Gasteiger charge is 2.18. The van der Waals surface area contributed by atoms with Crippen molar-refractivity contribution in [2.24, 2.45) is 5.92 Å². The average molecular weight is 267 g/mol. The van der Waals surface area contributed by atoms with Crippen LogP contribution in [0.15, 0.2) is 18.2 Å². The lowest BCUT2D eigenvalue weighted by Crippen LogP contribution is -2.16. The third-order valence-corrected chi connectivity index (χ3v) is 3.07. The Kier molecular flexibility index (Phi) is 6.08. The molecule has 1 atom stereocenters. The van der Waals surface area contributed by atoms with Crippen molar-refractivity contribution in [1.29, 1.82) is 0 Å². The van der Waals surface area contributed by atoms with Crippen LogP contribution in [0.25, 0.3) is 0 Å². The summed E-state index contributed by atoms with van der Waals surface area (Å²) >= 11 is 0. The molecule has 6 heteroatoms. The third-order valence-electron chi connectivity index (χ3n) is 3.07. The molecule has 0 aliphatic rings. The summed E-state index contributed by atoms with van der Waals surface area (Å²) in [5, 5.41) is 23.0. The lowest BCUT2D eigenvalue weighted by molar-refractivity contribution is -0.383. The van der Waals surface area contributed by atoms with Gasteiger partial charge in [0.2, 0.25) is 0 Å². The van der Waals surface area contributed by atoms with Crippen molar-refractivity contribution in [3.8, 4) is 0 Å². The molecule has 1 rings (SSSR count). The first-order valence-corrected chi connectivity index (χ1v) is 6.47. The van der Waals surface area contributed by atoms with Gasteiger partial charge in [0, 0.05) is 13.2 Å². The van der Waals surface area contributed by atoms with Crippen molar-refractivity contribution < 1.29 is 10.0 Å². The van der Waals surface area contributed by atoms with Gasteiger partial charge < -0.3 is 16.2 Å². The Hall–Kier alpha value is -1.82. The van der Waals surface area contributed by atoms with Crippen molar-refractivity contribution >= 4 is 17.1 Å². The van der Waals surface area contributed by atoms with E-state index in [4.69, 9.17) is 10.8 Å². The first-order chi connectivity index (χ1) is 9.10. The second-order valence-corrected chi connectivity index (χ2v) is 4.55. The van der Waals surface area contributed by atoms with E-state index in [1.807, 2.05) is 0 Å². The molecule has 0 spiro atoms. The second-order valence-electron chi connectivity index (χ2n) is 4.55. The predicted octanol–water partition coefficient (Wildman–Crippen LogP) is 2.39. The van der Waals surface area contributed by atoms with Crippen LogP contribution in [0, 0.1) is 16.0 Å². The Morgan fingerprint density at radius 3 is 2.79 bits per heavy atom. The molecule has 0 saturated heterocycles. The molecule has 19 heavy (non-hydrogen) atoms. The summed E-state index contributed by atoms with van der Waals surface area (Å²) in [6.45, 7) is 2.80. The molecule has 0 amide bonds. The van der Waals surface area contributed by atoms with Gasteiger partial charge in [-0.05, 0) is 30.9 Å². The molecule has 0 aliphatic heterocycles. The lowest BCUT2D eigenvalue weighted by atomic mass is 10.00. The second kappa shape index (κ2) is 7.58. The summed E-state index contributed by atoms with van der Waals surface area (Å²) in [7, 11) is 0. The predicted molar refractivity (Wildman–Crippen MR) is 76.1 cm³/mol. The number of nitro benzene ring substituents is 1. The number of rotatable bonds is 8. The number of nitrogens with one attached hydrogen (secondary N) is 1. The molecule has 0 bridgehead atoms. The van der Waals surface area contributed by atoms with Gasteiger partial charge in [-0.15, -0.1) is 0 Å². The van der Waals surface area contributed by atoms with E-state index in [0.717, 1.165) is 12.8 Å². The maximum atomic E-state index is 11.0. The maximum Gasteiger partial charge on any atom is 0.314 e. The Balaban J connectivity index is 2.76. The minimum absolute atomic E-state index is 0.0817. The summed E-state index contributed by atoms with van der Waals surface area (Å²) in [6, 6.07) is 4.85. The van der Waals surface area contributed by atoms with Crippen molar-refractivity contribution in [1.82, 2.24) is 0 Å². The van der Waals surface area contributed by atoms with Crippen LogP contribution in [0.3, 0.4) is 0 Å². The number of nitrogens with zero attached hydrogens (tertiary/aromatic N) is 1. The van der Waals surface area contributed by atoms with E-state index in [-0.39, 0.29) is 18.0 Å². The molecule has 4 N–H and O–H groups in total. The number of nitrogen functional groups attached to an aromatic ring is 1. The molecular weight excluding hydrogens is 246 g/mol. The molecule has 1 unspecified atom stereocenters. The van der Waals surface area contributed by atoms with E-state index >= 15 is 0 Å². The Morgan fingerprint density at radius 2 is 2.21 bits per heavy atom. The number of hydrogen-bond donors (Lipinski definition) is 3. The molecule has 0 aliphatic carbocycles. The van der Waals surface area contributed by atoms with Gasteiger partial charge in [-0.3, -0.25) is 10.1 Å². The van der Waals surface area contributed by atoms with Crippen LogP contribution in [-0.4, -0.2) is 23.2 Å². The fraction of sp³-hybridized carbons (Fsp3) is 0.538. The quantitative estimate of drug-likeness (QED) is 0.381. The van der Waals surface area contributed by atoms with Gasteiger partial charge in [-0.25, -0.2) is 0 Å². The highest BCUT2D eigenvalue weighted by Crippen LogP contribution is 2.30. The Labute approximate surface area is 112 Å². The zero-order valence-electron chi connectivity index (χ0n) is 11.1. The van der Waals surface area contributed by atoms with Crippen molar-refractivity contribution in [3.05, 3.63) is 28.3 Å². The van der Waals surface area contributed by atoms with Gasteiger partial charge in [-0.1, -0.05) is 19.4 Å². The van der Waals surface area contributed by atoms with Crippen LogP contribution in [0.5, 0.6) is 0 Å². The first-order valence-electron chi connectivity index (χ1n) is 6.47. The SMILES string of the molecule is CCCC(CCO)CNc1cccc(N)c1[N+](=O)[O-]. The summed E-state index contributed by atoms with van der Waals surface area (Å²) < 4.78 is 0. The van der Waals surface area contributed by atoms with Crippen LogP contribution in [0.1, 0.15) is 26.2 Å². The zero-order chi connectivity index (χ0) is 14.3. The average Bonchev–Trinajstić information content (AvgIpc) is 2.36. The van der Waals surface area contributed by atoms with Crippen LogP contribution >= 0.6 is 0 Å². The maximum absolute atomic E-state index is 11.0. The normalized spacial score (nSPS) is 12.1. The van der Waals surface area contributed by atoms with Gasteiger partial charge in [0.25, 0.3) is 0 Å². The number of hydrogen-bond acceptors (Lipinski definition) is 5. The minimum atomic E-state index is -0.474. The van der Waals surface area contributed by atoms with E-state index in [1.165, 1.54) is 6.07 Å². The summed E-state index contributed by atoms with van der Waals surface area (Å²) in [5.41, 5.74) is 6.13. The fourth-order valence-corrected chi connectivity index (χ4v) is 2.10. The standard InChI is InChI=1S/C13H21N3O3/c1-2-4-10(7-8-17)9-15-12-6-3-5-11(14)13(12)16(18)19/h3,5-6,10,15,17H,2,4,7-9,14H2,1H3. The van der Waals surface area contributed by atoms with E-state index < -0.39 is 4.92 Å². The highest BCUT2D eigenvalue weighted by molar-refractivity contribution is 5.74. The zero-order valence-corrected chi connectivity index (χ0v) is 11.1. The molecule has 0 fully saturated rings. The Bertz CT molecular complexity index is 418. The van der Waals surface area contributed by atoms with Gasteiger partial charge in [-0.2, -0.15) is 0 Å². The molecule has 0 radical (unpaired) electrons. The molecule has 0 heterocycles. The van der Waals surface area contributed by atoms with Gasteiger partial charge in [0.05, 0.1) is 4.92 Å². The number of para-hydroxylation sites is 1. The fourth-order valence-electron chi connectivity index (χ4n) is 2.10. The van der Waals surface area contributed by atoms with E-state index in [1.54, 1.807) is 12.1 Å². The highest BCUT2D eigenvalue weighted by atomic mass is 16.6. The third kappa shape index (κ3) is 4.40. The van der Waals surface area contributed by atoms with Crippen LogP contribution in [-0.2, 0) is 0 Å². The molecule has 0 saturated carbocycles. The number of nitro groups is 1. The molecule has 6 nitrogen and oxygen atoms in total. The first kappa shape index (κ1) is 15.2. The number of aliphatic hydroxyl groups excluding tert-OH is 1. The lowest BCUT2D eigenvalue weighted by Gasteiger charge is -2.16. The van der Waals surface area contributed by atoms with Gasteiger partial charge in [0.1, 0.15) is 11.4 Å². The number of aliphatic hydroxyl groups is 1. The summed E-state index contributed by atoms with van der Waals surface area (Å²) in [5.74, 6) is 0.302. The number of nitrogens with two attached hydrogens (primary N) is 1. The van der Waals surface area contributed by atoms with Crippen molar-refractivity contribution in [3.63, 3.8) is 0 Å². The topological polar surface area (TPSA) is 101 Å². The monoisotopic (exact) mass is 267 g/mol. The number of anilines is 2. The van der Waals surface area contributed by atoms with Gasteiger partial charge >= 0.3 is 5.69 Å². The van der Waals surface area contributed by atoms with Crippen molar-refractivity contribution in [2.45, 2.75) is 26.2 Å². The number of benzene rings is 1. The van der Waals surface area contributed by atoms with Crippen molar-refractivity contribution in [2.75, 3.05) is 24.2 Å².